The quantitative estimate of drug-likeness (QED) is 0.271. The van der Waals surface area contributed by atoms with Gasteiger partial charge in [0.15, 0.2) is 0 Å². The van der Waals surface area contributed by atoms with Gasteiger partial charge < -0.3 is 19.5 Å². The normalized spacial score (nSPS) is 15.7. The monoisotopic (exact) mass is 429 g/mol. The van der Waals surface area contributed by atoms with Crippen molar-refractivity contribution in [1.82, 2.24) is 5.32 Å². The van der Waals surface area contributed by atoms with Crippen LogP contribution in [-0.4, -0.2) is 43.8 Å². The van der Waals surface area contributed by atoms with E-state index in [0.717, 1.165) is 0 Å². The van der Waals surface area contributed by atoms with Crippen LogP contribution in [0, 0.1) is 21.4 Å². The van der Waals surface area contributed by atoms with Crippen molar-refractivity contribution in [3.63, 3.8) is 0 Å². The standard InChI is InChI=1S/C21H23N3O7/c1-13-17(20(25)30-10-6-9-22)19(15-7-4-5-8-16(15)24(27)28)18(14(2)23-13)21(26)31-12-11-29-3/h4-5,7-8,19,23H,6,10-12H2,1-3H3. The van der Waals surface area contributed by atoms with E-state index in [1.54, 1.807) is 19.9 Å². The molecule has 1 atom stereocenters. The Kier molecular flexibility index (Phi) is 8.28. The van der Waals surface area contributed by atoms with Crippen LogP contribution in [0.5, 0.6) is 0 Å². The Morgan fingerprint density at radius 1 is 1.10 bits per heavy atom. The minimum absolute atomic E-state index is 0.0115. The summed E-state index contributed by atoms with van der Waals surface area (Å²) < 4.78 is 15.3. The third kappa shape index (κ3) is 5.46. The van der Waals surface area contributed by atoms with E-state index in [4.69, 9.17) is 19.5 Å². The fourth-order valence-corrected chi connectivity index (χ4v) is 3.31. The molecule has 2 rings (SSSR count). The summed E-state index contributed by atoms with van der Waals surface area (Å²) in [5, 5.41) is 23.3. The molecule has 1 aliphatic rings. The number of rotatable bonds is 9. The van der Waals surface area contributed by atoms with Crippen molar-refractivity contribution >= 4 is 17.6 Å². The minimum Gasteiger partial charge on any atom is -0.461 e. The molecule has 0 aliphatic carbocycles. The van der Waals surface area contributed by atoms with Crippen molar-refractivity contribution < 1.29 is 28.7 Å². The van der Waals surface area contributed by atoms with E-state index in [-0.39, 0.29) is 48.6 Å². The maximum Gasteiger partial charge on any atom is 0.336 e. The fraction of sp³-hybridized carbons (Fsp3) is 0.381. The first-order valence-corrected chi connectivity index (χ1v) is 9.45. The smallest absolute Gasteiger partial charge is 0.336 e. The predicted molar refractivity (Wildman–Crippen MR) is 108 cm³/mol. The summed E-state index contributed by atoms with van der Waals surface area (Å²) in [4.78, 5) is 36.9. The molecule has 1 unspecified atom stereocenters. The number of hydrogen-bond donors (Lipinski definition) is 1. The number of allylic oxidation sites excluding steroid dienone is 2. The molecule has 10 heteroatoms. The number of methoxy groups -OCH3 is 1. The first kappa shape index (κ1) is 23.6. The first-order valence-electron chi connectivity index (χ1n) is 9.45. The van der Waals surface area contributed by atoms with Gasteiger partial charge in [-0.2, -0.15) is 5.26 Å². The average Bonchev–Trinajstić information content (AvgIpc) is 2.73. The van der Waals surface area contributed by atoms with Crippen LogP contribution in [0.2, 0.25) is 0 Å². The molecule has 0 amide bonds. The van der Waals surface area contributed by atoms with Gasteiger partial charge in [0.05, 0.1) is 41.1 Å². The van der Waals surface area contributed by atoms with E-state index >= 15 is 0 Å². The van der Waals surface area contributed by atoms with Crippen LogP contribution in [0.15, 0.2) is 46.8 Å². The summed E-state index contributed by atoms with van der Waals surface area (Å²) in [7, 11) is 1.46. The summed E-state index contributed by atoms with van der Waals surface area (Å²) in [6.45, 7) is 3.22. The van der Waals surface area contributed by atoms with Gasteiger partial charge >= 0.3 is 11.9 Å². The number of carbonyl (C=O) groups excluding carboxylic acids is 2. The number of ether oxygens (including phenoxy) is 3. The maximum atomic E-state index is 12.9. The van der Waals surface area contributed by atoms with Crippen molar-refractivity contribution in [1.29, 1.82) is 5.26 Å². The highest BCUT2D eigenvalue weighted by Crippen LogP contribution is 2.42. The maximum absolute atomic E-state index is 12.9. The zero-order valence-corrected chi connectivity index (χ0v) is 17.5. The number of para-hydroxylation sites is 1. The molecular weight excluding hydrogens is 406 g/mol. The van der Waals surface area contributed by atoms with E-state index in [2.05, 4.69) is 5.32 Å². The third-order valence-corrected chi connectivity index (χ3v) is 4.61. The van der Waals surface area contributed by atoms with Gasteiger partial charge in [-0.05, 0) is 13.8 Å². The lowest BCUT2D eigenvalue weighted by Crippen LogP contribution is -2.33. The highest BCUT2D eigenvalue weighted by Gasteiger charge is 2.40. The minimum atomic E-state index is -1.09. The van der Waals surface area contributed by atoms with Gasteiger partial charge in [-0.25, -0.2) is 9.59 Å². The Hall–Kier alpha value is -3.71. The van der Waals surface area contributed by atoms with Crippen molar-refractivity contribution in [3.8, 4) is 6.07 Å². The number of nitro groups is 1. The molecule has 10 nitrogen and oxygen atoms in total. The zero-order valence-electron chi connectivity index (χ0n) is 17.5. The summed E-state index contributed by atoms with van der Waals surface area (Å²) in [5.74, 6) is -2.61. The zero-order chi connectivity index (χ0) is 23.0. The van der Waals surface area contributed by atoms with Gasteiger partial charge in [-0.15, -0.1) is 0 Å². The summed E-state index contributed by atoms with van der Waals surface area (Å²) in [6, 6.07) is 7.74. The molecule has 1 aliphatic heterocycles. The lowest BCUT2D eigenvalue weighted by Gasteiger charge is -2.30. The molecule has 0 saturated carbocycles. The Bertz CT molecular complexity index is 975. The van der Waals surface area contributed by atoms with E-state index < -0.39 is 22.8 Å². The van der Waals surface area contributed by atoms with Crippen LogP contribution in [0.25, 0.3) is 0 Å². The van der Waals surface area contributed by atoms with Crippen molar-refractivity contribution in [2.75, 3.05) is 26.9 Å². The Morgan fingerprint density at radius 3 is 2.23 bits per heavy atom. The molecule has 0 saturated heterocycles. The summed E-state index contributed by atoms with van der Waals surface area (Å²) >= 11 is 0. The topological polar surface area (TPSA) is 141 Å². The van der Waals surface area contributed by atoms with Gasteiger partial charge in [0.1, 0.15) is 13.2 Å². The Balaban J connectivity index is 2.61. The van der Waals surface area contributed by atoms with Gasteiger partial charge in [0.25, 0.3) is 5.69 Å². The lowest BCUT2D eigenvalue weighted by atomic mass is 9.79. The Morgan fingerprint density at radius 2 is 1.68 bits per heavy atom. The van der Waals surface area contributed by atoms with Crippen LogP contribution in [0.4, 0.5) is 5.69 Å². The number of dihydropyridines is 1. The van der Waals surface area contributed by atoms with E-state index in [1.165, 1.54) is 25.3 Å². The molecule has 0 bridgehead atoms. The second kappa shape index (κ2) is 10.9. The molecule has 1 aromatic carbocycles. The van der Waals surface area contributed by atoms with Crippen LogP contribution in [0.3, 0.4) is 0 Å². The molecule has 164 valence electrons. The number of esters is 2. The predicted octanol–water partition coefficient (Wildman–Crippen LogP) is 2.48. The van der Waals surface area contributed by atoms with Crippen LogP contribution < -0.4 is 5.32 Å². The fourth-order valence-electron chi connectivity index (χ4n) is 3.31. The third-order valence-electron chi connectivity index (χ3n) is 4.61. The van der Waals surface area contributed by atoms with Crippen LogP contribution in [-0.2, 0) is 23.8 Å². The molecule has 31 heavy (non-hydrogen) atoms. The van der Waals surface area contributed by atoms with E-state index in [0.29, 0.717) is 11.4 Å². The number of carbonyl (C=O) groups is 2. The number of nitrogens with zero attached hydrogens (tertiary/aromatic N) is 2. The number of nitrogens with one attached hydrogen (secondary N) is 1. The van der Waals surface area contributed by atoms with Gasteiger partial charge in [-0.1, -0.05) is 18.2 Å². The second-order valence-corrected chi connectivity index (χ2v) is 6.62. The van der Waals surface area contributed by atoms with Gasteiger partial charge in [-0.3, -0.25) is 10.1 Å². The van der Waals surface area contributed by atoms with Gasteiger partial charge in [0, 0.05) is 30.1 Å². The SMILES string of the molecule is COCCOC(=O)C1=C(C)NC(C)=C(C(=O)OCCC#N)C1c1ccccc1[N+](=O)[O-]. The largest absolute Gasteiger partial charge is 0.461 e. The number of nitro benzene ring substituents is 1. The highest BCUT2D eigenvalue weighted by molar-refractivity contribution is 6.00. The molecule has 1 aromatic rings. The number of nitriles is 1. The first-order chi connectivity index (χ1) is 14.8. The average molecular weight is 429 g/mol. The van der Waals surface area contributed by atoms with Crippen molar-refractivity contribution in [3.05, 3.63) is 62.5 Å². The molecule has 1 N–H and O–H groups in total. The number of hydrogen-bond acceptors (Lipinski definition) is 9. The van der Waals surface area contributed by atoms with E-state index in [9.17, 15) is 19.7 Å². The van der Waals surface area contributed by atoms with E-state index in [1.807, 2.05) is 6.07 Å². The van der Waals surface area contributed by atoms with Crippen molar-refractivity contribution in [2.45, 2.75) is 26.2 Å². The molecule has 0 fully saturated rings. The summed E-state index contributed by atoms with van der Waals surface area (Å²) in [5.41, 5.74) is 0.783. The molecule has 1 heterocycles. The second-order valence-electron chi connectivity index (χ2n) is 6.62. The number of benzene rings is 1. The summed E-state index contributed by atoms with van der Waals surface area (Å²) in [6.07, 6.45) is -0.0115. The van der Waals surface area contributed by atoms with Crippen LogP contribution in [0.1, 0.15) is 31.7 Å². The Labute approximate surface area is 179 Å². The van der Waals surface area contributed by atoms with Crippen molar-refractivity contribution in [2.24, 2.45) is 0 Å². The van der Waals surface area contributed by atoms with Crippen LogP contribution >= 0.6 is 0 Å². The molecule has 0 radical (unpaired) electrons. The molecular formula is C21H23N3O7. The highest BCUT2D eigenvalue weighted by atomic mass is 16.6. The lowest BCUT2D eigenvalue weighted by molar-refractivity contribution is -0.385. The van der Waals surface area contributed by atoms with Gasteiger partial charge in [0.2, 0.25) is 0 Å². The molecule has 0 spiro atoms. The molecule has 0 aromatic heterocycles.